The molecule has 0 aliphatic heterocycles. The lowest BCUT2D eigenvalue weighted by Crippen LogP contribution is -2.22. The first kappa shape index (κ1) is 33.0. The molecule has 0 spiro atoms. The average Bonchev–Trinajstić information content (AvgIpc) is 3.29. The number of rotatable bonds is 5. The van der Waals surface area contributed by atoms with Gasteiger partial charge >= 0.3 is 11.9 Å². The minimum Gasteiger partial charge on any atom is -0.489 e. The molecule has 0 bridgehead atoms. The maximum Gasteiger partial charge on any atom is 0.442 e. The van der Waals surface area contributed by atoms with Crippen molar-refractivity contribution in [3.8, 4) is 17.1 Å². The number of nitrogens with one attached hydrogen (secondary N) is 1. The first-order valence-electron chi connectivity index (χ1n) is 12.3. The van der Waals surface area contributed by atoms with Crippen molar-refractivity contribution in [2.75, 3.05) is 12.4 Å². The second kappa shape index (κ2) is 12.8. The molecule has 2 aromatic carbocycles. The van der Waals surface area contributed by atoms with E-state index in [2.05, 4.69) is 15.5 Å². The molecule has 4 rings (SSSR count). The van der Waals surface area contributed by atoms with Crippen molar-refractivity contribution in [1.29, 1.82) is 0 Å². The van der Waals surface area contributed by atoms with Gasteiger partial charge in [0.25, 0.3) is 5.56 Å². The number of nitrogens with zero attached hydrogens (tertiary/aromatic N) is 4. The second-order valence-electron chi connectivity index (χ2n) is 10.1. The summed E-state index contributed by atoms with van der Waals surface area (Å²) in [6.45, 7) is 9.47. The Labute approximate surface area is 253 Å². The van der Waals surface area contributed by atoms with Gasteiger partial charge in [0.15, 0.2) is 0 Å². The van der Waals surface area contributed by atoms with Crippen LogP contribution in [-0.2, 0) is 11.6 Å². The molecular formula is C27H27Cl3F3N5O4. The fraction of sp³-hybridized carbons (Fsp3) is 0.333. The molecule has 1 N–H and O–H groups in total. The van der Waals surface area contributed by atoms with Gasteiger partial charge in [-0.2, -0.15) is 27.6 Å². The summed E-state index contributed by atoms with van der Waals surface area (Å²) in [5.41, 5.74) is -1.28. The van der Waals surface area contributed by atoms with Crippen LogP contribution in [0.1, 0.15) is 46.1 Å². The normalized spacial score (nSPS) is 11.7. The van der Waals surface area contributed by atoms with Gasteiger partial charge in [-0.15, -0.1) is 5.10 Å². The molecule has 0 amide bonds. The van der Waals surface area contributed by atoms with Crippen LogP contribution in [0.25, 0.3) is 11.4 Å². The number of alkyl halides is 3. The zero-order chi connectivity index (χ0) is 31.6. The molecule has 0 saturated carbocycles. The molecule has 0 saturated heterocycles. The summed E-state index contributed by atoms with van der Waals surface area (Å²) in [6, 6.07) is 7.40. The lowest BCUT2D eigenvalue weighted by atomic mass is 9.97. The molecule has 0 aliphatic rings. The Morgan fingerprint density at radius 1 is 1.00 bits per heavy atom. The Morgan fingerprint density at radius 2 is 1.67 bits per heavy atom. The van der Waals surface area contributed by atoms with Crippen LogP contribution in [0.5, 0.6) is 5.75 Å². The van der Waals surface area contributed by atoms with E-state index in [1.54, 1.807) is 13.1 Å². The first-order chi connectivity index (χ1) is 19.4. The summed E-state index contributed by atoms with van der Waals surface area (Å²) in [6.07, 6.45) is -3.29. The van der Waals surface area contributed by atoms with Gasteiger partial charge in [0.1, 0.15) is 10.8 Å². The third-order valence-corrected chi connectivity index (χ3v) is 6.35. The van der Waals surface area contributed by atoms with Gasteiger partial charge in [-0.3, -0.25) is 4.79 Å². The van der Waals surface area contributed by atoms with Crippen LogP contribution in [0.3, 0.4) is 0 Å². The number of hydrogen-bond acceptors (Lipinski definition) is 7. The molecule has 226 valence electrons. The van der Waals surface area contributed by atoms with Crippen LogP contribution in [0.4, 0.5) is 18.9 Å². The van der Waals surface area contributed by atoms with Crippen molar-refractivity contribution in [1.82, 2.24) is 19.6 Å². The van der Waals surface area contributed by atoms with E-state index in [1.807, 2.05) is 34.6 Å². The molecule has 0 atom stereocenters. The largest absolute Gasteiger partial charge is 0.489 e. The summed E-state index contributed by atoms with van der Waals surface area (Å²) in [7, 11) is 1.55. The summed E-state index contributed by atoms with van der Waals surface area (Å²) >= 11 is 18.1. The monoisotopic (exact) mass is 647 g/mol. The van der Waals surface area contributed by atoms with Crippen LogP contribution < -0.4 is 21.4 Å². The average molecular weight is 649 g/mol. The molecule has 0 radical (unpaired) electrons. The van der Waals surface area contributed by atoms with E-state index in [1.165, 1.54) is 24.4 Å². The first-order valence-corrected chi connectivity index (χ1v) is 13.5. The van der Waals surface area contributed by atoms with Gasteiger partial charge < -0.3 is 14.5 Å². The van der Waals surface area contributed by atoms with Gasteiger partial charge in [0.05, 0.1) is 45.0 Å². The maximum atomic E-state index is 12.6. The van der Waals surface area contributed by atoms with Crippen molar-refractivity contribution in [2.45, 2.75) is 52.3 Å². The molecule has 2 aromatic heterocycles. The van der Waals surface area contributed by atoms with E-state index in [4.69, 9.17) is 44.0 Å². The van der Waals surface area contributed by atoms with E-state index >= 15 is 0 Å². The Kier molecular flexibility index (Phi) is 10.1. The molecule has 0 aliphatic carbocycles. The van der Waals surface area contributed by atoms with Gasteiger partial charge in [-0.1, -0.05) is 61.6 Å². The number of aromatic nitrogens is 4. The highest BCUT2D eigenvalue weighted by atomic mass is 35.5. The zero-order valence-corrected chi connectivity index (χ0v) is 25.6. The summed E-state index contributed by atoms with van der Waals surface area (Å²) in [4.78, 5) is 24.0. The fourth-order valence-corrected chi connectivity index (χ4v) is 4.09. The minimum absolute atomic E-state index is 0.00521. The smallest absolute Gasteiger partial charge is 0.442 e. The fourth-order valence-electron chi connectivity index (χ4n) is 3.36. The van der Waals surface area contributed by atoms with Crippen LogP contribution in [0.2, 0.25) is 15.1 Å². The quantitative estimate of drug-likeness (QED) is 0.245. The zero-order valence-electron chi connectivity index (χ0n) is 23.3. The van der Waals surface area contributed by atoms with Gasteiger partial charge in [-0.25, -0.2) is 4.79 Å². The highest BCUT2D eigenvalue weighted by molar-refractivity contribution is 6.36. The predicted octanol–water partition coefficient (Wildman–Crippen LogP) is 7.16. The van der Waals surface area contributed by atoms with Gasteiger partial charge in [0.2, 0.25) is 5.89 Å². The molecule has 4 aromatic rings. The van der Waals surface area contributed by atoms with E-state index < -0.39 is 23.1 Å². The van der Waals surface area contributed by atoms with Crippen molar-refractivity contribution < 1.29 is 22.3 Å². The molecule has 42 heavy (non-hydrogen) atoms. The highest BCUT2D eigenvalue weighted by Gasteiger charge is 2.31. The number of ether oxygens (including phenoxy) is 1. The molecular weight excluding hydrogens is 622 g/mol. The minimum atomic E-state index is -4.49. The molecule has 0 unspecified atom stereocenters. The second-order valence-corrected chi connectivity index (χ2v) is 11.3. The van der Waals surface area contributed by atoms with Crippen LogP contribution in [0.15, 0.2) is 56.6 Å². The summed E-state index contributed by atoms with van der Waals surface area (Å²) in [5.74, 6) is 0.155. The highest BCUT2D eigenvalue weighted by Crippen LogP contribution is 2.34. The van der Waals surface area contributed by atoms with Crippen molar-refractivity contribution >= 4 is 40.5 Å². The van der Waals surface area contributed by atoms with E-state index in [-0.39, 0.29) is 27.3 Å². The topological polar surface area (TPSA) is 104 Å². The number of benzene rings is 2. The van der Waals surface area contributed by atoms with Crippen molar-refractivity contribution in [3.05, 3.63) is 90.0 Å². The maximum absolute atomic E-state index is 12.6. The van der Waals surface area contributed by atoms with Crippen molar-refractivity contribution in [2.24, 2.45) is 0 Å². The van der Waals surface area contributed by atoms with E-state index in [9.17, 15) is 22.8 Å². The lowest BCUT2D eigenvalue weighted by Gasteiger charge is -2.13. The molecule has 15 heteroatoms. The van der Waals surface area contributed by atoms with E-state index in [0.29, 0.717) is 28.0 Å². The van der Waals surface area contributed by atoms with E-state index in [0.717, 1.165) is 21.5 Å². The third kappa shape index (κ3) is 7.67. The Morgan fingerprint density at radius 3 is 2.21 bits per heavy atom. The Balaban J connectivity index is 0.000000231. The molecule has 2 heterocycles. The van der Waals surface area contributed by atoms with Crippen LogP contribution >= 0.6 is 34.8 Å². The third-order valence-electron chi connectivity index (χ3n) is 5.39. The van der Waals surface area contributed by atoms with Crippen LogP contribution in [-0.4, -0.2) is 32.7 Å². The Hall–Kier alpha value is -3.48. The molecule has 9 nitrogen and oxygen atoms in total. The van der Waals surface area contributed by atoms with Crippen LogP contribution in [0, 0.1) is 0 Å². The van der Waals surface area contributed by atoms with Gasteiger partial charge in [0, 0.05) is 18.5 Å². The SMILES string of the molecule is CC(C)Oc1cc(-n2nc(C(C)(C)C)oc2=O)c(Cl)cc1Cl.CNc1cnn(-c2cccc(C(F)(F)F)c2)c(=O)c1Cl. The predicted molar refractivity (Wildman–Crippen MR) is 156 cm³/mol. The Bertz CT molecular complexity index is 1690. The summed E-state index contributed by atoms with van der Waals surface area (Å²) in [5, 5.41) is 11.2. The van der Waals surface area contributed by atoms with Gasteiger partial charge in [-0.05, 0) is 38.1 Å². The van der Waals surface area contributed by atoms with Crippen molar-refractivity contribution in [3.63, 3.8) is 0 Å². The number of anilines is 1. The molecule has 0 fully saturated rings. The lowest BCUT2D eigenvalue weighted by molar-refractivity contribution is -0.137. The summed E-state index contributed by atoms with van der Waals surface area (Å²) < 4.78 is 50.7. The number of hydrogen-bond donors (Lipinski definition) is 1. The number of halogens is 6. The standard InChI is InChI=1S/C15H18Cl2N2O3.C12H9ClF3N3O/c1-8(2)21-12-7-11(9(16)6-10(12)17)19-14(20)22-13(18-19)15(3,4)5;1-17-9-6-18-19(11(20)10(9)13)8-4-2-3-7(5-8)12(14,15)16/h6-8H,1-5H3;2-6,17H,1H3.